The number of aromatic nitrogens is 1. The van der Waals surface area contributed by atoms with Crippen LogP contribution in [0.4, 0.5) is 0 Å². The Hall–Kier alpha value is -0.470. The largest absolute Gasteiger partial charge is 0.383 e. The van der Waals surface area contributed by atoms with Crippen LogP contribution in [-0.2, 0) is 14.8 Å². The van der Waals surface area contributed by atoms with Crippen molar-refractivity contribution in [2.75, 3.05) is 26.8 Å². The number of ether oxygens (including phenoxy) is 1. The molecule has 1 rings (SSSR count). The molecule has 1 heterocycles. The monoisotopic (exact) mass is 368 g/mol. The lowest BCUT2D eigenvalue weighted by Gasteiger charge is -2.20. The summed E-state index contributed by atoms with van der Waals surface area (Å²) < 4.78 is 31.6. The SMILES string of the molecule is C=CCN(CCOC)S(=O)(=O)c1cc(Br)cnc1Cl. The number of nitrogens with zero attached hydrogens (tertiary/aromatic N) is 2. The van der Waals surface area contributed by atoms with Crippen LogP contribution in [0.25, 0.3) is 0 Å². The molecule has 0 fully saturated rings. The molecule has 0 bridgehead atoms. The van der Waals surface area contributed by atoms with E-state index >= 15 is 0 Å². The van der Waals surface area contributed by atoms with Crippen LogP contribution in [0.2, 0.25) is 5.15 Å². The average molecular weight is 370 g/mol. The van der Waals surface area contributed by atoms with Crippen molar-refractivity contribution < 1.29 is 13.2 Å². The molecule has 0 unspecified atom stereocenters. The van der Waals surface area contributed by atoms with Gasteiger partial charge >= 0.3 is 0 Å². The van der Waals surface area contributed by atoms with E-state index in [0.29, 0.717) is 4.47 Å². The van der Waals surface area contributed by atoms with Gasteiger partial charge in [-0.3, -0.25) is 0 Å². The van der Waals surface area contributed by atoms with E-state index in [9.17, 15) is 8.42 Å². The lowest BCUT2D eigenvalue weighted by atomic mass is 10.5. The van der Waals surface area contributed by atoms with E-state index in [4.69, 9.17) is 16.3 Å². The Morgan fingerprint density at radius 3 is 2.89 bits per heavy atom. The van der Waals surface area contributed by atoms with Crippen LogP contribution in [0.5, 0.6) is 0 Å². The molecule has 5 nitrogen and oxygen atoms in total. The van der Waals surface area contributed by atoms with Gasteiger partial charge in [-0.2, -0.15) is 4.31 Å². The van der Waals surface area contributed by atoms with E-state index in [1.54, 1.807) is 0 Å². The first-order valence-electron chi connectivity index (χ1n) is 5.34. The maximum absolute atomic E-state index is 12.5. The van der Waals surface area contributed by atoms with E-state index in [1.165, 1.54) is 29.8 Å². The van der Waals surface area contributed by atoms with Crippen LogP contribution in [-0.4, -0.2) is 44.5 Å². The van der Waals surface area contributed by atoms with Crippen molar-refractivity contribution in [3.8, 4) is 0 Å². The molecule has 0 spiro atoms. The molecule has 1 aromatic rings. The highest BCUT2D eigenvalue weighted by Crippen LogP contribution is 2.25. The Labute approximate surface area is 126 Å². The molecule has 0 atom stereocenters. The van der Waals surface area contributed by atoms with Crippen molar-refractivity contribution in [3.63, 3.8) is 0 Å². The Morgan fingerprint density at radius 2 is 2.32 bits per heavy atom. The van der Waals surface area contributed by atoms with Gasteiger partial charge < -0.3 is 4.74 Å². The summed E-state index contributed by atoms with van der Waals surface area (Å²) >= 11 is 9.04. The molecule has 0 radical (unpaired) electrons. The summed E-state index contributed by atoms with van der Waals surface area (Å²) in [5.74, 6) is 0. The minimum Gasteiger partial charge on any atom is -0.383 e. The zero-order valence-corrected chi connectivity index (χ0v) is 13.5. The molecular weight excluding hydrogens is 356 g/mol. The van der Waals surface area contributed by atoms with Crippen molar-refractivity contribution >= 4 is 37.6 Å². The van der Waals surface area contributed by atoms with Gasteiger partial charge in [-0.05, 0) is 22.0 Å². The number of sulfonamides is 1. The Bertz CT molecular complexity index is 551. The van der Waals surface area contributed by atoms with Crippen molar-refractivity contribution in [3.05, 3.63) is 34.5 Å². The average Bonchev–Trinajstić information content (AvgIpc) is 2.37. The minimum absolute atomic E-state index is 0.0403. The fraction of sp³-hybridized carbons (Fsp3) is 0.364. The summed E-state index contributed by atoms with van der Waals surface area (Å²) in [6, 6.07) is 1.42. The van der Waals surface area contributed by atoms with Gasteiger partial charge in [0.2, 0.25) is 10.0 Å². The van der Waals surface area contributed by atoms with Crippen LogP contribution >= 0.6 is 27.5 Å². The van der Waals surface area contributed by atoms with Gasteiger partial charge in [0.15, 0.2) is 0 Å². The summed E-state index contributed by atoms with van der Waals surface area (Å²) in [4.78, 5) is 3.78. The third kappa shape index (κ3) is 4.25. The third-order valence-corrected chi connectivity index (χ3v) is 4.99. The molecule has 0 saturated carbocycles. The molecule has 19 heavy (non-hydrogen) atoms. The fourth-order valence-electron chi connectivity index (χ4n) is 1.37. The van der Waals surface area contributed by atoms with Gasteiger partial charge in [-0.1, -0.05) is 17.7 Å². The van der Waals surface area contributed by atoms with Crippen LogP contribution in [0.15, 0.2) is 34.3 Å². The molecule has 1 aromatic heterocycles. The van der Waals surface area contributed by atoms with Gasteiger partial charge in [0.25, 0.3) is 0 Å². The predicted octanol–water partition coefficient (Wildman–Crippen LogP) is 2.32. The predicted molar refractivity (Wildman–Crippen MR) is 77.8 cm³/mol. The van der Waals surface area contributed by atoms with E-state index < -0.39 is 10.0 Å². The molecule has 0 aliphatic heterocycles. The maximum Gasteiger partial charge on any atom is 0.246 e. The second-order valence-electron chi connectivity index (χ2n) is 3.59. The molecule has 0 aliphatic carbocycles. The summed E-state index contributed by atoms with van der Waals surface area (Å²) in [5, 5.41) is -0.0605. The summed E-state index contributed by atoms with van der Waals surface area (Å²) in [6.45, 7) is 4.23. The van der Waals surface area contributed by atoms with Gasteiger partial charge in [0.05, 0.1) is 6.61 Å². The van der Waals surface area contributed by atoms with Gasteiger partial charge in [-0.25, -0.2) is 13.4 Å². The first kappa shape index (κ1) is 16.6. The molecular formula is C11H14BrClN2O3S. The number of hydrogen-bond acceptors (Lipinski definition) is 4. The number of pyridine rings is 1. The smallest absolute Gasteiger partial charge is 0.246 e. The lowest BCUT2D eigenvalue weighted by molar-refractivity contribution is 0.182. The molecule has 0 aliphatic rings. The lowest BCUT2D eigenvalue weighted by Crippen LogP contribution is -2.34. The second-order valence-corrected chi connectivity index (χ2v) is 6.77. The van der Waals surface area contributed by atoms with Crippen molar-refractivity contribution in [2.45, 2.75) is 4.90 Å². The Kier molecular flexibility index (Phi) is 6.41. The summed E-state index contributed by atoms with van der Waals surface area (Å²) in [7, 11) is -2.22. The Morgan fingerprint density at radius 1 is 1.63 bits per heavy atom. The molecule has 0 N–H and O–H groups in total. The normalized spacial score (nSPS) is 11.8. The highest BCUT2D eigenvalue weighted by atomic mass is 79.9. The minimum atomic E-state index is -3.73. The third-order valence-electron chi connectivity index (χ3n) is 2.27. The Balaban J connectivity index is 3.18. The zero-order chi connectivity index (χ0) is 14.5. The summed E-state index contributed by atoms with van der Waals surface area (Å²) in [6.07, 6.45) is 2.95. The maximum atomic E-state index is 12.5. The van der Waals surface area contributed by atoms with Crippen LogP contribution in [0.1, 0.15) is 0 Å². The van der Waals surface area contributed by atoms with E-state index in [2.05, 4.69) is 27.5 Å². The van der Waals surface area contributed by atoms with Crippen molar-refractivity contribution in [2.24, 2.45) is 0 Å². The van der Waals surface area contributed by atoms with E-state index in [1.807, 2.05) is 0 Å². The number of halogens is 2. The second kappa shape index (κ2) is 7.35. The van der Waals surface area contributed by atoms with Crippen LogP contribution in [0, 0.1) is 0 Å². The molecule has 106 valence electrons. The highest BCUT2D eigenvalue weighted by molar-refractivity contribution is 9.10. The summed E-state index contributed by atoms with van der Waals surface area (Å²) in [5.41, 5.74) is 0. The van der Waals surface area contributed by atoms with Gasteiger partial charge in [0, 0.05) is 30.9 Å². The molecule has 0 amide bonds. The topological polar surface area (TPSA) is 59.5 Å². The standard InChI is InChI=1S/C11H14BrClN2O3S/c1-3-4-15(5-6-18-2)19(16,17)10-7-9(12)8-14-11(10)13/h3,7-8H,1,4-6H2,2H3. The van der Waals surface area contributed by atoms with Crippen LogP contribution < -0.4 is 0 Å². The molecule has 0 saturated heterocycles. The van der Waals surface area contributed by atoms with E-state index in [0.717, 1.165) is 0 Å². The first-order chi connectivity index (χ1) is 8.93. The number of rotatable bonds is 7. The number of hydrogen-bond donors (Lipinski definition) is 0. The molecule has 8 heteroatoms. The van der Waals surface area contributed by atoms with E-state index in [-0.39, 0.29) is 29.7 Å². The zero-order valence-electron chi connectivity index (χ0n) is 10.3. The fourth-order valence-corrected chi connectivity index (χ4v) is 3.69. The highest BCUT2D eigenvalue weighted by Gasteiger charge is 2.26. The first-order valence-corrected chi connectivity index (χ1v) is 7.95. The van der Waals surface area contributed by atoms with Gasteiger partial charge in [0.1, 0.15) is 10.0 Å². The number of methoxy groups -OCH3 is 1. The van der Waals surface area contributed by atoms with Crippen molar-refractivity contribution in [1.29, 1.82) is 0 Å². The van der Waals surface area contributed by atoms with Crippen LogP contribution in [0.3, 0.4) is 0 Å². The quantitative estimate of drug-likeness (QED) is 0.547. The van der Waals surface area contributed by atoms with Gasteiger partial charge in [-0.15, -0.1) is 6.58 Å². The molecule has 0 aromatic carbocycles. The van der Waals surface area contributed by atoms with Crippen molar-refractivity contribution in [1.82, 2.24) is 9.29 Å².